The summed E-state index contributed by atoms with van der Waals surface area (Å²) in [5, 5.41) is 3.63. The van der Waals surface area contributed by atoms with E-state index >= 15 is 0 Å². The Kier molecular flexibility index (Phi) is 1.72. The van der Waals surface area contributed by atoms with Crippen LogP contribution in [0, 0.1) is 11.3 Å². The lowest BCUT2D eigenvalue weighted by atomic mass is 9.60. The Morgan fingerprint density at radius 1 is 1.38 bits per heavy atom. The van der Waals surface area contributed by atoms with Gasteiger partial charge in [-0.2, -0.15) is 0 Å². The molecular formula is C11H20N2. The molecule has 2 bridgehead atoms. The topological polar surface area (TPSA) is 15.3 Å². The third kappa shape index (κ3) is 1.15. The minimum atomic E-state index is 0.735. The summed E-state index contributed by atoms with van der Waals surface area (Å²) in [5.74, 6) is 0.998. The van der Waals surface area contributed by atoms with Crippen molar-refractivity contribution in [3.8, 4) is 0 Å². The third-order valence-electron chi connectivity index (χ3n) is 4.54. The van der Waals surface area contributed by atoms with Crippen LogP contribution in [-0.2, 0) is 0 Å². The molecule has 2 heteroatoms. The molecule has 4 rings (SSSR count). The zero-order valence-electron chi connectivity index (χ0n) is 8.55. The first-order chi connectivity index (χ1) is 6.28. The van der Waals surface area contributed by atoms with Gasteiger partial charge in [-0.3, -0.25) is 0 Å². The molecule has 3 aliphatic heterocycles. The second kappa shape index (κ2) is 2.71. The zero-order valence-corrected chi connectivity index (χ0v) is 8.55. The van der Waals surface area contributed by atoms with E-state index in [1.165, 1.54) is 45.3 Å². The molecule has 0 amide bonds. The fourth-order valence-electron chi connectivity index (χ4n) is 3.70. The third-order valence-corrected chi connectivity index (χ3v) is 4.54. The summed E-state index contributed by atoms with van der Waals surface area (Å²) in [6, 6.07) is 0.896. The van der Waals surface area contributed by atoms with Crippen LogP contribution in [0.3, 0.4) is 0 Å². The van der Waals surface area contributed by atoms with E-state index < -0.39 is 0 Å². The number of nitrogens with zero attached hydrogens (tertiary/aromatic N) is 1. The molecule has 4 fully saturated rings. The van der Waals surface area contributed by atoms with E-state index in [2.05, 4.69) is 17.3 Å². The Labute approximate surface area is 80.7 Å². The molecule has 0 aromatic carbocycles. The molecule has 2 nitrogen and oxygen atoms in total. The van der Waals surface area contributed by atoms with Crippen LogP contribution in [0.4, 0.5) is 0 Å². The number of hydrogen-bond donors (Lipinski definition) is 1. The van der Waals surface area contributed by atoms with Gasteiger partial charge in [-0.15, -0.1) is 0 Å². The van der Waals surface area contributed by atoms with Crippen molar-refractivity contribution in [3.63, 3.8) is 0 Å². The van der Waals surface area contributed by atoms with Crippen LogP contribution in [0.2, 0.25) is 0 Å². The average Bonchev–Trinajstić information content (AvgIpc) is 2.61. The molecule has 1 N–H and O–H groups in total. The lowest BCUT2D eigenvalue weighted by Crippen LogP contribution is -2.47. The molecule has 1 aliphatic carbocycles. The van der Waals surface area contributed by atoms with Crippen molar-refractivity contribution >= 4 is 0 Å². The molecule has 4 aliphatic rings. The number of piperidine rings is 1. The Bertz CT molecular complexity index is 203. The van der Waals surface area contributed by atoms with Crippen LogP contribution in [0.5, 0.6) is 0 Å². The summed E-state index contributed by atoms with van der Waals surface area (Å²) in [6.07, 6.45) is 5.86. The lowest BCUT2D eigenvalue weighted by Gasteiger charge is -2.47. The molecule has 3 saturated heterocycles. The van der Waals surface area contributed by atoms with Crippen LogP contribution in [0.15, 0.2) is 0 Å². The summed E-state index contributed by atoms with van der Waals surface area (Å²) in [7, 11) is 2.28. The van der Waals surface area contributed by atoms with Crippen LogP contribution in [0.1, 0.15) is 25.7 Å². The van der Waals surface area contributed by atoms with Crippen molar-refractivity contribution in [2.24, 2.45) is 11.3 Å². The average molecular weight is 180 g/mol. The predicted octanol–water partition coefficient (Wildman–Crippen LogP) is 1.08. The fourth-order valence-corrected chi connectivity index (χ4v) is 3.70. The molecule has 74 valence electrons. The molecule has 0 aromatic heterocycles. The number of fused-ring (bicyclic) bond motifs is 1. The van der Waals surface area contributed by atoms with E-state index in [0.29, 0.717) is 0 Å². The Balaban J connectivity index is 1.70. The van der Waals surface area contributed by atoms with Gasteiger partial charge < -0.3 is 10.2 Å². The summed E-state index contributed by atoms with van der Waals surface area (Å²) < 4.78 is 0. The minimum Gasteiger partial charge on any atom is -0.313 e. The van der Waals surface area contributed by atoms with Gasteiger partial charge >= 0.3 is 0 Å². The maximum atomic E-state index is 3.63. The number of rotatable bonds is 1. The van der Waals surface area contributed by atoms with Crippen LogP contribution in [0.25, 0.3) is 0 Å². The summed E-state index contributed by atoms with van der Waals surface area (Å²) in [4.78, 5) is 2.52. The van der Waals surface area contributed by atoms with E-state index in [1.54, 1.807) is 0 Å². The Morgan fingerprint density at radius 3 is 2.85 bits per heavy atom. The quantitative estimate of drug-likeness (QED) is 0.649. The Morgan fingerprint density at radius 2 is 2.23 bits per heavy atom. The first-order valence-corrected chi connectivity index (χ1v) is 5.70. The van der Waals surface area contributed by atoms with Crippen LogP contribution in [-0.4, -0.2) is 37.6 Å². The fraction of sp³-hybridized carbons (Fsp3) is 1.00. The van der Waals surface area contributed by atoms with Gasteiger partial charge in [0.25, 0.3) is 0 Å². The number of nitrogens with one attached hydrogen (secondary N) is 1. The van der Waals surface area contributed by atoms with Gasteiger partial charge in [-0.25, -0.2) is 0 Å². The van der Waals surface area contributed by atoms with E-state index in [9.17, 15) is 0 Å². The van der Waals surface area contributed by atoms with Crippen LogP contribution >= 0.6 is 0 Å². The highest BCUT2D eigenvalue weighted by atomic mass is 15.1. The highest BCUT2D eigenvalue weighted by molar-refractivity contribution is 5.09. The maximum absolute atomic E-state index is 3.63. The second-order valence-corrected chi connectivity index (χ2v) is 5.45. The molecule has 0 aromatic rings. The molecule has 0 spiro atoms. The first-order valence-electron chi connectivity index (χ1n) is 5.70. The van der Waals surface area contributed by atoms with Gasteiger partial charge in [0.2, 0.25) is 0 Å². The van der Waals surface area contributed by atoms with Gasteiger partial charge in [-0.05, 0) is 50.6 Å². The monoisotopic (exact) mass is 180 g/mol. The highest BCUT2D eigenvalue weighted by Crippen LogP contribution is 2.53. The lowest BCUT2D eigenvalue weighted by molar-refractivity contribution is 0.0440. The van der Waals surface area contributed by atoms with Crippen molar-refractivity contribution in [3.05, 3.63) is 0 Å². The van der Waals surface area contributed by atoms with E-state index in [1.807, 2.05) is 0 Å². The molecule has 13 heavy (non-hydrogen) atoms. The molecule has 1 saturated carbocycles. The van der Waals surface area contributed by atoms with E-state index in [0.717, 1.165) is 17.4 Å². The van der Waals surface area contributed by atoms with Crippen molar-refractivity contribution in [2.75, 3.05) is 26.7 Å². The summed E-state index contributed by atoms with van der Waals surface area (Å²) >= 11 is 0. The van der Waals surface area contributed by atoms with Gasteiger partial charge in [0.1, 0.15) is 0 Å². The van der Waals surface area contributed by atoms with Crippen molar-refractivity contribution < 1.29 is 0 Å². The minimum absolute atomic E-state index is 0.735. The summed E-state index contributed by atoms with van der Waals surface area (Å²) in [5.41, 5.74) is 0.735. The van der Waals surface area contributed by atoms with Gasteiger partial charge in [0, 0.05) is 19.1 Å². The zero-order chi connectivity index (χ0) is 8.89. The van der Waals surface area contributed by atoms with Gasteiger partial charge in [-0.1, -0.05) is 0 Å². The molecular weight excluding hydrogens is 160 g/mol. The van der Waals surface area contributed by atoms with Crippen molar-refractivity contribution in [1.29, 1.82) is 0 Å². The normalized spacial score (nSPS) is 50.5. The molecule has 1 unspecified atom stereocenters. The molecule has 3 heterocycles. The van der Waals surface area contributed by atoms with Crippen molar-refractivity contribution in [1.82, 2.24) is 10.2 Å². The van der Waals surface area contributed by atoms with Crippen molar-refractivity contribution in [2.45, 2.75) is 31.7 Å². The number of hydrogen-bond acceptors (Lipinski definition) is 2. The van der Waals surface area contributed by atoms with Gasteiger partial charge in [0.15, 0.2) is 0 Å². The predicted molar refractivity (Wildman–Crippen MR) is 53.7 cm³/mol. The molecule has 1 atom stereocenters. The molecule has 0 radical (unpaired) electrons. The standard InChI is InChI=1S/C11H20N2/c1-13-4-2-3-9(7-13)11-5-10(6-11)12-8-11/h9-10,12H,2-8H2,1H3. The Hall–Kier alpha value is -0.0800. The largest absolute Gasteiger partial charge is 0.313 e. The smallest absolute Gasteiger partial charge is 0.00790 e. The van der Waals surface area contributed by atoms with E-state index in [-0.39, 0.29) is 0 Å². The summed E-state index contributed by atoms with van der Waals surface area (Å²) in [6.45, 7) is 3.99. The first kappa shape index (κ1) is 8.25. The maximum Gasteiger partial charge on any atom is 0.00790 e. The van der Waals surface area contributed by atoms with E-state index in [4.69, 9.17) is 0 Å². The second-order valence-electron chi connectivity index (χ2n) is 5.45. The van der Waals surface area contributed by atoms with Gasteiger partial charge in [0.05, 0.1) is 0 Å². The number of likely N-dealkylation sites (tertiary alicyclic amines) is 1. The SMILES string of the molecule is CN1CCCC(C23CNC(C2)C3)C1. The van der Waals surface area contributed by atoms with Crippen LogP contribution < -0.4 is 5.32 Å². The highest BCUT2D eigenvalue weighted by Gasteiger charge is 2.54.